The van der Waals surface area contributed by atoms with E-state index in [0.29, 0.717) is 0 Å². The Kier molecular flexibility index (Phi) is 4.78. The van der Waals surface area contributed by atoms with Gasteiger partial charge in [-0.1, -0.05) is 12.7 Å². The van der Waals surface area contributed by atoms with Crippen molar-refractivity contribution in [2.45, 2.75) is 25.3 Å². The number of amides is 1. The summed E-state index contributed by atoms with van der Waals surface area (Å²) in [4.78, 5) is 19.9. The molecule has 31 heavy (non-hydrogen) atoms. The van der Waals surface area contributed by atoms with Gasteiger partial charge in [-0.3, -0.25) is 9.48 Å². The number of rotatable bonds is 5. The van der Waals surface area contributed by atoms with Gasteiger partial charge >= 0.3 is 0 Å². The second kappa shape index (κ2) is 7.75. The molecule has 1 aliphatic carbocycles. The molecule has 4 aromatic heterocycles. The fourth-order valence-corrected chi connectivity index (χ4v) is 4.33. The number of aromatic nitrogens is 4. The van der Waals surface area contributed by atoms with E-state index in [4.69, 9.17) is 4.42 Å². The number of carbonyl (C=O) groups excluding carboxylic acids is 1. The molecule has 4 aromatic rings. The lowest BCUT2D eigenvalue weighted by Gasteiger charge is -2.25. The number of allylic oxidation sites excluding steroid dienone is 1. The van der Waals surface area contributed by atoms with Crippen LogP contribution in [-0.2, 0) is 11.8 Å². The summed E-state index contributed by atoms with van der Waals surface area (Å²) in [7, 11) is 1.90. The Morgan fingerprint density at radius 1 is 1.39 bits per heavy atom. The summed E-state index contributed by atoms with van der Waals surface area (Å²) in [5.74, 6) is 0.641. The average molecular weight is 413 g/mol. The van der Waals surface area contributed by atoms with E-state index in [0.717, 1.165) is 58.3 Å². The van der Waals surface area contributed by atoms with E-state index in [-0.39, 0.29) is 11.9 Å². The van der Waals surface area contributed by atoms with Crippen molar-refractivity contribution in [2.75, 3.05) is 0 Å². The first kappa shape index (κ1) is 19.1. The number of hydrogen-bond donors (Lipinski definition) is 2. The van der Waals surface area contributed by atoms with Gasteiger partial charge in [0.1, 0.15) is 11.4 Å². The molecule has 0 radical (unpaired) electrons. The largest absolute Gasteiger partial charge is 0.464 e. The van der Waals surface area contributed by atoms with E-state index in [1.807, 2.05) is 44.0 Å². The van der Waals surface area contributed by atoms with Gasteiger partial charge in [0, 0.05) is 53.8 Å². The minimum atomic E-state index is -0.142. The van der Waals surface area contributed by atoms with Crippen LogP contribution in [0.5, 0.6) is 0 Å². The number of nitrogens with one attached hydrogen (secondary N) is 2. The van der Waals surface area contributed by atoms with Crippen LogP contribution in [0.25, 0.3) is 39.1 Å². The predicted octanol–water partition coefficient (Wildman–Crippen LogP) is 4.46. The van der Waals surface area contributed by atoms with E-state index < -0.39 is 0 Å². The van der Waals surface area contributed by atoms with Gasteiger partial charge < -0.3 is 14.7 Å². The van der Waals surface area contributed by atoms with Crippen LogP contribution in [0.1, 0.15) is 24.8 Å². The summed E-state index contributed by atoms with van der Waals surface area (Å²) in [6, 6.07) is 3.89. The zero-order valence-electron chi connectivity index (χ0n) is 17.3. The minimum Gasteiger partial charge on any atom is -0.464 e. The summed E-state index contributed by atoms with van der Waals surface area (Å²) in [5.41, 5.74) is 6.05. The minimum absolute atomic E-state index is 0.0569. The number of fused-ring (bicyclic) bond motifs is 1. The molecule has 0 saturated heterocycles. The van der Waals surface area contributed by atoms with E-state index in [1.54, 1.807) is 10.9 Å². The van der Waals surface area contributed by atoms with Gasteiger partial charge in [0.2, 0.25) is 5.91 Å². The highest BCUT2D eigenvalue weighted by molar-refractivity contribution is 6.05. The number of carbonyl (C=O) groups is 1. The molecule has 0 bridgehead atoms. The van der Waals surface area contributed by atoms with Crippen LogP contribution < -0.4 is 5.32 Å². The Hall–Kier alpha value is -3.87. The molecule has 5 rings (SSSR count). The highest BCUT2D eigenvalue weighted by Crippen LogP contribution is 2.42. The molecule has 1 aliphatic rings. The third kappa shape index (κ3) is 3.48. The fourth-order valence-electron chi connectivity index (χ4n) is 4.33. The molecule has 1 atom stereocenters. The number of aromatic amines is 1. The molecule has 0 spiro atoms. The molecule has 0 saturated carbocycles. The van der Waals surface area contributed by atoms with Crippen molar-refractivity contribution in [2.24, 2.45) is 7.05 Å². The zero-order valence-corrected chi connectivity index (χ0v) is 17.3. The van der Waals surface area contributed by atoms with Crippen molar-refractivity contribution in [1.29, 1.82) is 0 Å². The molecule has 1 unspecified atom stereocenters. The molecule has 0 aliphatic heterocycles. The van der Waals surface area contributed by atoms with E-state index in [2.05, 4.69) is 33.0 Å². The van der Waals surface area contributed by atoms with E-state index >= 15 is 0 Å². The second-order valence-corrected chi connectivity index (χ2v) is 7.77. The Labute approximate surface area is 179 Å². The molecule has 156 valence electrons. The van der Waals surface area contributed by atoms with Crippen LogP contribution in [0.2, 0.25) is 0 Å². The van der Waals surface area contributed by atoms with Gasteiger partial charge in [0.05, 0.1) is 12.5 Å². The molecule has 4 heterocycles. The van der Waals surface area contributed by atoms with Crippen molar-refractivity contribution in [3.63, 3.8) is 0 Å². The summed E-state index contributed by atoms with van der Waals surface area (Å²) >= 11 is 0. The topological polar surface area (TPSA) is 88.7 Å². The highest BCUT2D eigenvalue weighted by Gasteiger charge is 2.25. The Balaban J connectivity index is 1.70. The van der Waals surface area contributed by atoms with Crippen LogP contribution in [-0.4, -0.2) is 31.7 Å². The van der Waals surface area contributed by atoms with Crippen molar-refractivity contribution < 1.29 is 9.21 Å². The Morgan fingerprint density at radius 2 is 2.29 bits per heavy atom. The molecular weight excluding hydrogens is 390 g/mol. The summed E-state index contributed by atoms with van der Waals surface area (Å²) in [6.45, 7) is 3.57. The fraction of sp³-hybridized carbons (Fsp3) is 0.208. The standard InChI is InChI=1S/C24H23N5O2/c1-3-21(30)28-17-7-4-6-15(10-17)22-18(16-11-27-29(2)14-16)12-25-24-23(22)19(13-26-24)20-8-5-9-31-20/h3,5-6,8-9,11-14,17H,1,4,7,10H2,2H3,(H,25,26)(H,28,30). The summed E-state index contributed by atoms with van der Waals surface area (Å²) in [6.07, 6.45) is 15.5. The third-order valence-electron chi connectivity index (χ3n) is 5.73. The first-order valence-corrected chi connectivity index (χ1v) is 10.3. The monoisotopic (exact) mass is 413 g/mol. The van der Waals surface area contributed by atoms with E-state index in [1.165, 1.54) is 11.6 Å². The number of H-pyrrole nitrogens is 1. The van der Waals surface area contributed by atoms with Gasteiger partial charge in [-0.05, 0) is 48.6 Å². The Morgan fingerprint density at radius 3 is 3.03 bits per heavy atom. The lowest BCUT2D eigenvalue weighted by molar-refractivity contribution is -0.117. The first-order valence-electron chi connectivity index (χ1n) is 10.3. The molecule has 1 amide bonds. The highest BCUT2D eigenvalue weighted by atomic mass is 16.3. The van der Waals surface area contributed by atoms with Crippen molar-refractivity contribution >= 4 is 22.5 Å². The van der Waals surface area contributed by atoms with Gasteiger partial charge in [0.25, 0.3) is 0 Å². The second-order valence-electron chi connectivity index (χ2n) is 7.77. The van der Waals surface area contributed by atoms with Crippen molar-refractivity contribution in [1.82, 2.24) is 25.1 Å². The van der Waals surface area contributed by atoms with Crippen LogP contribution in [0.3, 0.4) is 0 Å². The summed E-state index contributed by atoms with van der Waals surface area (Å²) < 4.78 is 7.50. The van der Waals surface area contributed by atoms with Crippen LogP contribution >= 0.6 is 0 Å². The molecular formula is C24H23N5O2. The normalized spacial score (nSPS) is 16.3. The SMILES string of the molecule is C=CC(=O)NC1CCC=C(c2c(-c3cnn(C)c3)cnc3[nH]cc(-c4ccco4)c23)C1. The lowest BCUT2D eigenvalue weighted by atomic mass is 9.85. The molecule has 0 aromatic carbocycles. The van der Waals surface area contributed by atoms with Crippen LogP contribution in [0.15, 0.2) is 66.3 Å². The van der Waals surface area contributed by atoms with Crippen molar-refractivity contribution in [3.8, 4) is 22.5 Å². The van der Waals surface area contributed by atoms with Crippen LogP contribution in [0, 0.1) is 0 Å². The molecule has 7 nitrogen and oxygen atoms in total. The maximum atomic E-state index is 11.9. The number of hydrogen-bond acceptors (Lipinski definition) is 4. The number of pyridine rings is 1. The predicted molar refractivity (Wildman–Crippen MR) is 120 cm³/mol. The quantitative estimate of drug-likeness (QED) is 0.473. The van der Waals surface area contributed by atoms with Gasteiger partial charge in [-0.25, -0.2) is 4.98 Å². The van der Waals surface area contributed by atoms with Crippen LogP contribution in [0.4, 0.5) is 0 Å². The Bertz CT molecular complexity index is 1290. The van der Waals surface area contributed by atoms with Crippen molar-refractivity contribution in [3.05, 3.63) is 67.5 Å². The number of furan rings is 1. The maximum absolute atomic E-state index is 11.9. The third-order valence-corrected chi connectivity index (χ3v) is 5.73. The molecule has 2 N–H and O–H groups in total. The smallest absolute Gasteiger partial charge is 0.243 e. The average Bonchev–Trinajstić information content (AvgIpc) is 3.53. The van der Waals surface area contributed by atoms with Gasteiger partial charge in [0.15, 0.2) is 0 Å². The van der Waals surface area contributed by atoms with E-state index in [9.17, 15) is 4.79 Å². The van der Waals surface area contributed by atoms with Gasteiger partial charge in [-0.15, -0.1) is 0 Å². The molecule has 0 fully saturated rings. The maximum Gasteiger partial charge on any atom is 0.243 e. The van der Waals surface area contributed by atoms with Gasteiger partial charge in [-0.2, -0.15) is 5.10 Å². The zero-order chi connectivity index (χ0) is 21.4. The number of nitrogens with zero attached hydrogens (tertiary/aromatic N) is 3. The summed E-state index contributed by atoms with van der Waals surface area (Å²) in [5, 5.41) is 8.43. The molecule has 7 heteroatoms. The first-order chi connectivity index (χ1) is 15.1. The lowest BCUT2D eigenvalue weighted by Crippen LogP contribution is -2.34. The number of aryl methyl sites for hydroxylation is 1.